The van der Waals surface area contributed by atoms with Crippen molar-refractivity contribution in [3.05, 3.63) is 28.8 Å². The van der Waals surface area contributed by atoms with Gasteiger partial charge in [0, 0.05) is 10.8 Å². The van der Waals surface area contributed by atoms with Gasteiger partial charge in [-0.15, -0.1) is 0 Å². The maximum atomic E-state index is 14.2. The van der Waals surface area contributed by atoms with Crippen molar-refractivity contribution in [2.24, 2.45) is 40.2 Å². The Morgan fingerprint density at radius 3 is 2.11 bits per heavy atom. The average Bonchev–Trinajstić information content (AvgIpc) is 2.78. The third-order valence-corrected chi connectivity index (χ3v) is 10.4. The highest BCUT2D eigenvalue weighted by Gasteiger charge is 2.80. The monoisotopic (exact) mass is 531 g/mol. The molecule has 0 radical (unpaired) electrons. The van der Waals surface area contributed by atoms with E-state index >= 15 is 0 Å². The summed E-state index contributed by atoms with van der Waals surface area (Å²) in [5.74, 6) is -8.78. The van der Waals surface area contributed by atoms with E-state index < -0.39 is 87.2 Å². The SMILES string of the molecule is CC(C)[C@H]1C(O)[C@@H](C(N)=O)C(=O)[C@]2(O)C(O)[C@H]3C(=O)c4c(ccc(C(C)(C)C)c4O)[C@@H](C)[C@]3(C)[C@@H](O)[C@]12C. The van der Waals surface area contributed by atoms with Crippen molar-refractivity contribution >= 4 is 17.5 Å². The third kappa shape index (κ3) is 3.10. The number of phenolic OH excluding ortho intramolecular Hbond substituents is 1. The fourth-order valence-electron chi connectivity index (χ4n) is 8.37. The molecule has 1 aromatic rings. The standard InChI is InChI=1S/C29H41NO8/c1-11(2)17-21(33)16(24(30)36)22(34)29(38)23(35)18-20(32)15-13(9-10-14(19(15)31)26(4,5)6)12(3)27(18,7)25(37)28(17,29)8/h9-12,16-18,21,23,25,31,33,35,37-38H,1-8H3,(H2,30,36)/t12-,16-,17+,18-,21?,23?,25-,27+,28+,29+/m1/s1. The average molecular weight is 532 g/mol. The lowest BCUT2D eigenvalue weighted by Crippen LogP contribution is -2.83. The van der Waals surface area contributed by atoms with Crippen LogP contribution in [-0.4, -0.2) is 66.9 Å². The molecule has 0 aliphatic heterocycles. The van der Waals surface area contributed by atoms with Crippen LogP contribution in [0.5, 0.6) is 5.75 Å². The van der Waals surface area contributed by atoms with E-state index in [1.54, 1.807) is 39.8 Å². The van der Waals surface area contributed by atoms with Crippen molar-refractivity contribution < 1.29 is 39.9 Å². The number of rotatable bonds is 2. The largest absolute Gasteiger partial charge is 0.507 e. The summed E-state index contributed by atoms with van der Waals surface area (Å²) >= 11 is 0. The quantitative estimate of drug-likeness (QED) is 0.310. The first kappa shape index (κ1) is 28.7. The number of fused-ring (bicyclic) bond motifs is 3. The zero-order chi connectivity index (χ0) is 29.1. The molecule has 38 heavy (non-hydrogen) atoms. The summed E-state index contributed by atoms with van der Waals surface area (Å²) < 4.78 is 0. The van der Waals surface area contributed by atoms with Crippen LogP contribution < -0.4 is 5.73 Å². The smallest absolute Gasteiger partial charge is 0.230 e. The Hall–Kier alpha value is -2.33. The molecule has 1 aromatic carbocycles. The van der Waals surface area contributed by atoms with E-state index in [2.05, 4.69) is 0 Å². The first-order valence-corrected chi connectivity index (χ1v) is 13.2. The summed E-state index contributed by atoms with van der Waals surface area (Å²) in [5.41, 5.74) is -0.0881. The number of carbonyl (C=O) groups is 3. The van der Waals surface area contributed by atoms with Gasteiger partial charge in [-0.3, -0.25) is 14.4 Å². The molecule has 0 saturated heterocycles. The van der Waals surface area contributed by atoms with Crippen molar-refractivity contribution in [2.45, 2.75) is 90.6 Å². The van der Waals surface area contributed by atoms with Crippen molar-refractivity contribution in [1.29, 1.82) is 0 Å². The molecule has 0 bridgehead atoms. The molecule has 210 valence electrons. The van der Waals surface area contributed by atoms with Crippen LogP contribution in [0.3, 0.4) is 0 Å². The molecule has 0 spiro atoms. The minimum Gasteiger partial charge on any atom is -0.507 e. The molecule has 0 aromatic heterocycles. The maximum Gasteiger partial charge on any atom is 0.230 e. The predicted octanol–water partition coefficient (Wildman–Crippen LogP) is 1.40. The van der Waals surface area contributed by atoms with Crippen LogP contribution in [0.4, 0.5) is 0 Å². The number of phenols is 1. The Kier molecular flexibility index (Phi) is 6.29. The summed E-state index contributed by atoms with van der Waals surface area (Å²) in [7, 11) is 0. The Labute approximate surface area is 223 Å². The van der Waals surface area contributed by atoms with Crippen LogP contribution in [0, 0.1) is 34.5 Å². The number of carbonyl (C=O) groups excluding carboxylic acids is 3. The molecule has 2 fully saturated rings. The number of primary amides is 1. The van der Waals surface area contributed by atoms with Crippen LogP contribution in [0.2, 0.25) is 0 Å². The number of ketones is 2. The first-order valence-electron chi connectivity index (χ1n) is 13.2. The molecule has 1 amide bonds. The van der Waals surface area contributed by atoms with Gasteiger partial charge in [0.1, 0.15) is 17.8 Å². The van der Waals surface area contributed by atoms with Gasteiger partial charge in [0.2, 0.25) is 5.91 Å². The van der Waals surface area contributed by atoms with Gasteiger partial charge in [-0.2, -0.15) is 0 Å². The van der Waals surface area contributed by atoms with Crippen molar-refractivity contribution in [2.75, 3.05) is 0 Å². The first-order chi connectivity index (χ1) is 17.2. The topological polar surface area (TPSA) is 178 Å². The molecule has 3 aliphatic carbocycles. The van der Waals surface area contributed by atoms with Crippen LogP contribution in [0.25, 0.3) is 0 Å². The second kappa shape index (κ2) is 8.34. The molecule has 2 saturated carbocycles. The van der Waals surface area contributed by atoms with E-state index in [0.29, 0.717) is 11.1 Å². The van der Waals surface area contributed by atoms with Crippen molar-refractivity contribution in [3.8, 4) is 5.75 Å². The number of Topliss-reactive ketones (excluding diaryl/α,β-unsaturated/α-hetero) is 2. The molecule has 9 heteroatoms. The minimum atomic E-state index is -2.78. The summed E-state index contributed by atoms with van der Waals surface area (Å²) in [6.07, 6.45) is -5.25. The number of benzene rings is 1. The highest BCUT2D eigenvalue weighted by Crippen LogP contribution is 2.68. The number of hydrogen-bond donors (Lipinski definition) is 6. The Morgan fingerprint density at radius 1 is 1.08 bits per heavy atom. The molecule has 3 aliphatic rings. The van der Waals surface area contributed by atoms with Crippen molar-refractivity contribution in [3.63, 3.8) is 0 Å². The maximum absolute atomic E-state index is 14.2. The van der Waals surface area contributed by atoms with Gasteiger partial charge in [0.05, 0.1) is 23.7 Å². The Morgan fingerprint density at radius 2 is 1.63 bits per heavy atom. The number of amides is 1. The van der Waals surface area contributed by atoms with E-state index in [9.17, 15) is 39.9 Å². The molecule has 10 atom stereocenters. The van der Waals surface area contributed by atoms with Crippen LogP contribution >= 0.6 is 0 Å². The number of aromatic hydroxyl groups is 1. The summed E-state index contributed by atoms with van der Waals surface area (Å²) in [4.78, 5) is 40.3. The minimum absolute atomic E-state index is 0.0130. The fourth-order valence-corrected chi connectivity index (χ4v) is 8.37. The number of aliphatic hydroxyl groups is 4. The summed E-state index contributed by atoms with van der Waals surface area (Å²) in [5, 5.41) is 58.7. The normalized spacial score (nSPS) is 42.9. The van der Waals surface area contributed by atoms with Gasteiger partial charge >= 0.3 is 0 Å². The molecule has 2 unspecified atom stereocenters. The second-order valence-electron chi connectivity index (χ2n) is 13.5. The lowest BCUT2D eigenvalue weighted by molar-refractivity contribution is -0.306. The fraction of sp³-hybridized carbons (Fsp3) is 0.690. The van der Waals surface area contributed by atoms with E-state index in [-0.39, 0.29) is 11.3 Å². The van der Waals surface area contributed by atoms with Crippen molar-refractivity contribution in [1.82, 2.24) is 0 Å². The highest BCUT2D eigenvalue weighted by molar-refractivity contribution is 6.09. The van der Waals surface area contributed by atoms with Gasteiger partial charge in [0.15, 0.2) is 17.2 Å². The number of aliphatic hydroxyl groups excluding tert-OH is 3. The molecule has 4 rings (SSSR count). The van der Waals surface area contributed by atoms with E-state index in [1.807, 2.05) is 20.8 Å². The third-order valence-electron chi connectivity index (χ3n) is 10.4. The lowest BCUT2D eigenvalue weighted by Gasteiger charge is -2.69. The second-order valence-corrected chi connectivity index (χ2v) is 13.5. The van der Waals surface area contributed by atoms with Gasteiger partial charge in [-0.25, -0.2) is 0 Å². The van der Waals surface area contributed by atoms with Crippen LogP contribution in [-0.2, 0) is 15.0 Å². The van der Waals surface area contributed by atoms with Gasteiger partial charge in [-0.05, 0) is 34.3 Å². The summed E-state index contributed by atoms with van der Waals surface area (Å²) in [6.45, 7) is 13.9. The number of hydrogen-bond acceptors (Lipinski definition) is 8. The Bertz CT molecular complexity index is 1220. The zero-order valence-corrected chi connectivity index (χ0v) is 23.3. The molecule has 7 N–H and O–H groups in total. The highest BCUT2D eigenvalue weighted by atomic mass is 16.4. The molecular weight excluding hydrogens is 490 g/mol. The van der Waals surface area contributed by atoms with Crippen LogP contribution in [0.1, 0.15) is 82.8 Å². The van der Waals surface area contributed by atoms with Gasteiger partial charge < -0.3 is 31.3 Å². The number of nitrogens with two attached hydrogens (primary N) is 1. The summed E-state index contributed by atoms with van der Waals surface area (Å²) in [6, 6.07) is 3.49. The van der Waals surface area contributed by atoms with Gasteiger partial charge in [0.25, 0.3) is 0 Å². The lowest BCUT2D eigenvalue weighted by atomic mass is 9.36. The molecular formula is C29H41NO8. The molecule has 0 heterocycles. The Balaban J connectivity index is 2.05. The van der Waals surface area contributed by atoms with E-state index in [0.717, 1.165) is 0 Å². The van der Waals surface area contributed by atoms with Gasteiger partial charge in [-0.1, -0.05) is 67.5 Å². The zero-order valence-electron chi connectivity index (χ0n) is 23.3. The predicted molar refractivity (Wildman–Crippen MR) is 138 cm³/mol. The van der Waals surface area contributed by atoms with Crippen LogP contribution in [0.15, 0.2) is 12.1 Å². The van der Waals surface area contributed by atoms with E-state index in [1.165, 1.54) is 6.92 Å². The van der Waals surface area contributed by atoms with E-state index in [4.69, 9.17) is 5.73 Å². The molecule has 9 nitrogen and oxygen atoms in total.